The summed E-state index contributed by atoms with van der Waals surface area (Å²) >= 11 is 5.97. The molecule has 2 N–H and O–H groups in total. The van der Waals surface area contributed by atoms with Gasteiger partial charge in [-0.25, -0.2) is 0 Å². The topological polar surface area (TPSA) is 100 Å². The van der Waals surface area contributed by atoms with Crippen LogP contribution in [0.2, 0.25) is 5.02 Å². The molecule has 0 aromatic heterocycles. The van der Waals surface area contributed by atoms with E-state index in [1.54, 1.807) is 0 Å². The van der Waals surface area contributed by atoms with Gasteiger partial charge in [0.25, 0.3) is 5.69 Å². The van der Waals surface area contributed by atoms with Crippen LogP contribution in [-0.4, -0.2) is 23.2 Å². The minimum Gasteiger partial charge on any atom is -0.395 e. The number of hydrogen-bond donors (Lipinski definition) is 2. The summed E-state index contributed by atoms with van der Waals surface area (Å²) in [6.45, 7) is 2.62. The first-order valence-corrected chi connectivity index (χ1v) is 7.69. The Balaban J connectivity index is 2.08. The molecule has 24 heavy (non-hydrogen) atoms. The third-order valence-electron chi connectivity index (χ3n) is 3.37. The van der Waals surface area contributed by atoms with Gasteiger partial charge in [0.1, 0.15) is 5.69 Å². The van der Waals surface area contributed by atoms with Crippen LogP contribution in [-0.2, 0) is 0 Å². The lowest BCUT2D eigenvalue weighted by Gasteiger charge is -2.13. The molecule has 2 aromatic carbocycles. The lowest BCUT2D eigenvalue weighted by molar-refractivity contribution is -0.384. The van der Waals surface area contributed by atoms with Gasteiger partial charge in [0.2, 0.25) is 0 Å². The summed E-state index contributed by atoms with van der Waals surface area (Å²) in [5.41, 5.74) is 1.98. The molecule has 0 bridgehead atoms. The number of nitrogens with one attached hydrogen (secondary N) is 1. The Morgan fingerprint density at radius 2 is 1.96 bits per heavy atom. The number of rotatable bonds is 7. The standard InChI is InChI=1S/C16H17ClN4O3/c1-11(18-8-9-22)12-2-4-13(5-3-12)19-20-16-7-6-14(21(23)24)10-15(16)17/h2-7,10-11,18,22H,8-9H2,1H3. The summed E-state index contributed by atoms with van der Waals surface area (Å²) in [4.78, 5) is 10.2. The third-order valence-corrected chi connectivity index (χ3v) is 3.67. The molecule has 2 rings (SSSR count). The number of aliphatic hydroxyl groups excluding tert-OH is 1. The van der Waals surface area contributed by atoms with Crippen LogP contribution in [0.5, 0.6) is 0 Å². The van der Waals surface area contributed by atoms with E-state index >= 15 is 0 Å². The van der Waals surface area contributed by atoms with Crippen LogP contribution < -0.4 is 5.32 Å². The summed E-state index contributed by atoms with van der Waals surface area (Å²) in [5, 5.41) is 30.9. The Hall–Kier alpha value is -2.35. The fourth-order valence-electron chi connectivity index (χ4n) is 2.03. The van der Waals surface area contributed by atoms with Gasteiger partial charge in [0, 0.05) is 24.7 Å². The molecule has 126 valence electrons. The van der Waals surface area contributed by atoms with E-state index in [-0.39, 0.29) is 23.4 Å². The Morgan fingerprint density at radius 3 is 2.54 bits per heavy atom. The summed E-state index contributed by atoms with van der Waals surface area (Å²) < 4.78 is 0. The Labute approximate surface area is 144 Å². The Kier molecular flexibility index (Phi) is 6.36. The molecule has 7 nitrogen and oxygen atoms in total. The minimum atomic E-state index is -0.516. The number of non-ortho nitro benzene ring substituents is 1. The maximum absolute atomic E-state index is 10.7. The van der Waals surface area contributed by atoms with Crippen molar-refractivity contribution in [2.75, 3.05) is 13.2 Å². The van der Waals surface area contributed by atoms with Gasteiger partial charge in [-0.05, 0) is 30.7 Å². The van der Waals surface area contributed by atoms with E-state index in [2.05, 4.69) is 15.5 Å². The molecule has 0 fully saturated rings. The number of nitro benzene ring substituents is 1. The van der Waals surface area contributed by atoms with E-state index in [4.69, 9.17) is 16.7 Å². The van der Waals surface area contributed by atoms with Crippen molar-refractivity contribution in [3.8, 4) is 0 Å². The van der Waals surface area contributed by atoms with Crippen molar-refractivity contribution in [1.82, 2.24) is 5.32 Å². The van der Waals surface area contributed by atoms with E-state index in [1.807, 2.05) is 31.2 Å². The number of nitro groups is 1. The largest absolute Gasteiger partial charge is 0.395 e. The maximum Gasteiger partial charge on any atom is 0.271 e. The van der Waals surface area contributed by atoms with Crippen LogP contribution in [0.3, 0.4) is 0 Å². The molecule has 0 spiro atoms. The molecular weight excluding hydrogens is 332 g/mol. The summed E-state index contributed by atoms with van der Waals surface area (Å²) in [5.74, 6) is 0. The van der Waals surface area contributed by atoms with Crippen molar-refractivity contribution in [3.05, 3.63) is 63.2 Å². The van der Waals surface area contributed by atoms with E-state index in [0.29, 0.717) is 17.9 Å². The Morgan fingerprint density at radius 1 is 1.25 bits per heavy atom. The van der Waals surface area contributed by atoms with Gasteiger partial charge >= 0.3 is 0 Å². The molecule has 1 atom stereocenters. The molecule has 0 aliphatic heterocycles. The number of nitrogens with zero attached hydrogens (tertiary/aromatic N) is 3. The molecule has 1 unspecified atom stereocenters. The number of halogens is 1. The van der Waals surface area contributed by atoms with Gasteiger partial charge in [-0.15, -0.1) is 5.11 Å². The van der Waals surface area contributed by atoms with E-state index < -0.39 is 4.92 Å². The van der Waals surface area contributed by atoms with Crippen LogP contribution in [0.1, 0.15) is 18.5 Å². The highest BCUT2D eigenvalue weighted by atomic mass is 35.5. The number of azo groups is 1. The molecule has 0 saturated heterocycles. The van der Waals surface area contributed by atoms with Crippen LogP contribution in [0.4, 0.5) is 17.1 Å². The van der Waals surface area contributed by atoms with Crippen LogP contribution in [0.15, 0.2) is 52.7 Å². The predicted octanol–water partition coefficient (Wildman–Crippen LogP) is 4.31. The first-order valence-electron chi connectivity index (χ1n) is 7.31. The van der Waals surface area contributed by atoms with Gasteiger partial charge in [0.15, 0.2) is 0 Å². The van der Waals surface area contributed by atoms with Crippen molar-refractivity contribution >= 4 is 28.7 Å². The monoisotopic (exact) mass is 348 g/mol. The van der Waals surface area contributed by atoms with Gasteiger partial charge in [-0.3, -0.25) is 10.1 Å². The number of hydrogen-bond acceptors (Lipinski definition) is 6. The molecule has 0 aliphatic rings. The average molecular weight is 349 g/mol. The zero-order chi connectivity index (χ0) is 17.5. The molecule has 0 amide bonds. The maximum atomic E-state index is 10.7. The number of aliphatic hydroxyl groups is 1. The average Bonchev–Trinajstić information content (AvgIpc) is 2.58. The zero-order valence-corrected chi connectivity index (χ0v) is 13.8. The van der Waals surface area contributed by atoms with Crippen LogP contribution >= 0.6 is 11.6 Å². The SMILES string of the molecule is CC(NCCO)c1ccc(N=Nc2ccc([N+](=O)[O-])cc2Cl)cc1. The van der Waals surface area contributed by atoms with E-state index in [0.717, 1.165) is 5.56 Å². The second-order valence-corrected chi connectivity index (χ2v) is 5.49. The summed E-state index contributed by atoms with van der Waals surface area (Å²) in [6, 6.07) is 11.6. The second-order valence-electron chi connectivity index (χ2n) is 5.08. The fraction of sp³-hybridized carbons (Fsp3) is 0.250. The van der Waals surface area contributed by atoms with Crippen LogP contribution in [0, 0.1) is 10.1 Å². The number of benzene rings is 2. The van der Waals surface area contributed by atoms with Crippen molar-refractivity contribution in [2.45, 2.75) is 13.0 Å². The minimum absolute atomic E-state index is 0.0899. The van der Waals surface area contributed by atoms with Crippen LogP contribution in [0.25, 0.3) is 0 Å². The smallest absolute Gasteiger partial charge is 0.271 e. The zero-order valence-electron chi connectivity index (χ0n) is 13.0. The summed E-state index contributed by atoms with van der Waals surface area (Å²) in [6.07, 6.45) is 0. The van der Waals surface area contributed by atoms with Gasteiger partial charge in [0.05, 0.1) is 22.2 Å². The Bertz CT molecular complexity index is 735. The quantitative estimate of drug-likeness (QED) is 0.442. The first-order chi connectivity index (χ1) is 11.5. The van der Waals surface area contributed by atoms with Gasteiger partial charge in [-0.2, -0.15) is 5.11 Å². The third kappa shape index (κ3) is 4.82. The van der Waals surface area contributed by atoms with Gasteiger partial charge in [-0.1, -0.05) is 23.7 Å². The van der Waals surface area contributed by atoms with Crippen molar-refractivity contribution in [2.24, 2.45) is 10.2 Å². The molecule has 0 heterocycles. The lowest BCUT2D eigenvalue weighted by Crippen LogP contribution is -2.21. The normalized spacial score (nSPS) is 12.5. The van der Waals surface area contributed by atoms with Gasteiger partial charge < -0.3 is 10.4 Å². The molecule has 0 radical (unpaired) electrons. The molecule has 2 aromatic rings. The molecule has 0 aliphatic carbocycles. The highest BCUT2D eigenvalue weighted by molar-refractivity contribution is 6.33. The second kappa shape index (κ2) is 8.49. The highest BCUT2D eigenvalue weighted by Crippen LogP contribution is 2.30. The van der Waals surface area contributed by atoms with E-state index in [9.17, 15) is 10.1 Å². The van der Waals surface area contributed by atoms with Crippen molar-refractivity contribution in [3.63, 3.8) is 0 Å². The van der Waals surface area contributed by atoms with E-state index in [1.165, 1.54) is 18.2 Å². The first kappa shape index (κ1) is 18.0. The summed E-state index contributed by atoms with van der Waals surface area (Å²) in [7, 11) is 0. The molecule has 8 heteroatoms. The molecule has 0 saturated carbocycles. The predicted molar refractivity (Wildman–Crippen MR) is 92.2 cm³/mol. The fourth-order valence-corrected chi connectivity index (χ4v) is 2.24. The van der Waals surface area contributed by atoms with Crippen molar-refractivity contribution in [1.29, 1.82) is 0 Å². The highest BCUT2D eigenvalue weighted by Gasteiger charge is 2.09. The van der Waals surface area contributed by atoms with Crippen molar-refractivity contribution < 1.29 is 10.0 Å². The lowest BCUT2D eigenvalue weighted by atomic mass is 10.1. The molecular formula is C16H17ClN4O3.